The van der Waals surface area contributed by atoms with Gasteiger partial charge in [-0.15, -0.1) is 0 Å². The lowest BCUT2D eigenvalue weighted by molar-refractivity contribution is -0.138. The van der Waals surface area contributed by atoms with E-state index in [0.29, 0.717) is 61.1 Å². The van der Waals surface area contributed by atoms with Gasteiger partial charge in [0.25, 0.3) is 0 Å². The summed E-state index contributed by atoms with van der Waals surface area (Å²) < 4.78 is 24.5. The van der Waals surface area contributed by atoms with E-state index in [1.54, 1.807) is 0 Å². The molecule has 3 aliphatic heterocycles. The van der Waals surface area contributed by atoms with Crippen LogP contribution in [0.25, 0.3) is 55.6 Å². The number of fused-ring (bicyclic) bond motifs is 9. The Labute approximate surface area is 418 Å². The quantitative estimate of drug-likeness (QED) is 0.140. The highest BCUT2D eigenvalue weighted by Gasteiger charge is 2.43. The van der Waals surface area contributed by atoms with Gasteiger partial charge >= 0.3 is 0 Å². The zero-order valence-corrected chi connectivity index (χ0v) is 41.4. The van der Waals surface area contributed by atoms with E-state index in [4.69, 9.17) is 28.5 Å². The molecule has 2 unspecified atom stereocenters. The summed E-state index contributed by atoms with van der Waals surface area (Å²) in [6, 6.07) is 28.3. The third-order valence-electron chi connectivity index (χ3n) is 14.7. The number of H-pyrrole nitrogens is 2. The number of amides is 2. The van der Waals surface area contributed by atoms with Crippen molar-refractivity contribution in [3.63, 3.8) is 0 Å². The topological polar surface area (TPSA) is 175 Å². The molecule has 3 aliphatic rings. The van der Waals surface area contributed by atoms with E-state index >= 15 is 0 Å². The monoisotopic (exact) mass is 970 g/mol. The van der Waals surface area contributed by atoms with Crippen LogP contribution in [0.5, 0.6) is 5.75 Å². The van der Waals surface area contributed by atoms with Gasteiger partial charge in [-0.05, 0) is 107 Å². The van der Waals surface area contributed by atoms with Gasteiger partial charge in [0.1, 0.15) is 40.9 Å². The van der Waals surface area contributed by atoms with E-state index in [9.17, 15) is 9.59 Å². The lowest BCUT2D eigenvalue weighted by Crippen LogP contribution is -2.41. The Morgan fingerprint density at radius 2 is 1.19 bits per heavy atom. The van der Waals surface area contributed by atoms with Crippen LogP contribution in [0.2, 0.25) is 0 Å². The van der Waals surface area contributed by atoms with Gasteiger partial charge < -0.3 is 38.3 Å². The molecule has 5 atom stereocenters. The molecule has 2 saturated heterocycles. The van der Waals surface area contributed by atoms with Crippen LogP contribution in [0.4, 0.5) is 0 Å². The van der Waals surface area contributed by atoms with Crippen molar-refractivity contribution in [2.75, 3.05) is 54.5 Å². The number of carbonyl (C=O) groups excluding carboxylic acids is 2. The van der Waals surface area contributed by atoms with Gasteiger partial charge in [0.15, 0.2) is 11.2 Å². The number of aromatic amines is 2. The molecule has 16 nitrogen and oxygen atoms in total. The van der Waals surface area contributed by atoms with Crippen LogP contribution in [-0.4, -0.2) is 122 Å². The maximum Gasteiger partial charge on any atom is 0.247 e. The van der Waals surface area contributed by atoms with Gasteiger partial charge in [-0.2, -0.15) is 0 Å². The van der Waals surface area contributed by atoms with Crippen LogP contribution in [0.15, 0.2) is 112 Å². The van der Waals surface area contributed by atoms with Gasteiger partial charge in [0, 0.05) is 42.5 Å². The average Bonchev–Trinajstić information content (AvgIpc) is 4.26. The van der Waals surface area contributed by atoms with Crippen molar-refractivity contribution in [2.45, 2.75) is 88.1 Å². The molecular weight excluding hydrogens is 909 g/mol. The molecular formula is C56H62N10O6. The summed E-state index contributed by atoms with van der Waals surface area (Å²) in [6.07, 6.45) is 12.3. The molecule has 0 radical (unpaired) electrons. The van der Waals surface area contributed by atoms with Crippen molar-refractivity contribution in [1.29, 1.82) is 0 Å². The molecule has 72 heavy (non-hydrogen) atoms. The van der Waals surface area contributed by atoms with E-state index < -0.39 is 12.1 Å². The predicted molar refractivity (Wildman–Crippen MR) is 274 cm³/mol. The van der Waals surface area contributed by atoms with Crippen LogP contribution in [0.1, 0.15) is 105 Å². The summed E-state index contributed by atoms with van der Waals surface area (Å²) in [7, 11) is 7.60. The molecule has 4 bridgehead atoms. The fourth-order valence-corrected chi connectivity index (χ4v) is 10.9. The second kappa shape index (κ2) is 20.5. The minimum absolute atomic E-state index is 0.0234. The largest absolute Gasteiger partial charge is 0.493 e. The maximum atomic E-state index is 14.8. The molecule has 2 N–H and O–H groups in total. The number of benzene rings is 4. The highest BCUT2D eigenvalue weighted by atomic mass is 16.5. The normalized spacial score (nSPS) is 19.9. The number of likely N-dealkylation sites (N-methyl/N-ethyl adjacent to an activating group) is 2. The standard InChI is InChI=1S/C56H62N10O6/c1-63(2)51(49-40-16-9-11-19-46(40)71-61-49)55(67)65-27-15-18-44(65)53-57-32-42(59-53)36-23-21-35(22-24-36)37-25-26-39-43-33-58-54(60-43)45-31-38(69-28-13-7-5-6-8-14-29-70-48(39)30-37)34-66(45)56(68)52(64(3)4)50-41-17-10-12-20-47(41)72-62-50/h9-12,16-17,19-26,30,32-33,38,44-45,51-52H,5-8,13-15,18,27-29,31,34H2,1-4H3,(H,57,59)(H,58,60)/t38-,44-,45-,51?,52?/m0/s1. The smallest absolute Gasteiger partial charge is 0.247 e. The number of imidazole rings is 2. The lowest BCUT2D eigenvalue weighted by Gasteiger charge is -2.30. The Hall–Kier alpha value is -7.14. The van der Waals surface area contributed by atoms with E-state index in [-0.39, 0.29) is 30.0 Å². The molecule has 372 valence electrons. The first-order chi connectivity index (χ1) is 35.2. The number of hydrogen-bond acceptors (Lipinski definition) is 12. The Balaban J connectivity index is 0.837. The molecule has 2 fully saturated rings. The van der Waals surface area contributed by atoms with E-state index in [0.717, 1.165) is 107 Å². The summed E-state index contributed by atoms with van der Waals surface area (Å²) in [5, 5.41) is 10.4. The van der Waals surface area contributed by atoms with Gasteiger partial charge in [0.05, 0.1) is 48.6 Å². The minimum atomic E-state index is -0.667. The van der Waals surface area contributed by atoms with Gasteiger partial charge in [0.2, 0.25) is 11.8 Å². The van der Waals surface area contributed by atoms with Crippen molar-refractivity contribution < 1.29 is 28.1 Å². The SMILES string of the molecule is CN(C)C(C(=O)N1CCC[C@H]1c1ncc(-c2ccc(-c3ccc4c(c3)OCCCCCCCCO[C@H]3C[C@@H](c5ncc-4[nH]5)N(C(=O)C(c4noc5ccccc45)N(C)C)C3)cc2)[nH]1)c1noc2ccccc12. The third-order valence-corrected chi connectivity index (χ3v) is 14.7. The number of aromatic nitrogens is 6. The molecule has 0 aliphatic carbocycles. The summed E-state index contributed by atoms with van der Waals surface area (Å²) in [5.41, 5.74) is 8.16. The number of rotatable bonds is 9. The maximum absolute atomic E-state index is 14.8. The van der Waals surface area contributed by atoms with Crippen LogP contribution in [-0.2, 0) is 14.3 Å². The Morgan fingerprint density at radius 1 is 0.625 bits per heavy atom. The van der Waals surface area contributed by atoms with Crippen LogP contribution < -0.4 is 4.74 Å². The molecule has 16 heteroatoms. The van der Waals surface area contributed by atoms with Gasteiger partial charge in [-0.25, -0.2) is 9.97 Å². The summed E-state index contributed by atoms with van der Waals surface area (Å²) in [4.78, 5) is 53.8. The Kier molecular flexibility index (Phi) is 13.5. The zero-order chi connectivity index (χ0) is 49.3. The first-order valence-corrected chi connectivity index (χ1v) is 25.4. The summed E-state index contributed by atoms with van der Waals surface area (Å²) in [5.74, 6) is 2.13. The molecule has 4 aromatic carbocycles. The molecule has 2 amide bonds. The fourth-order valence-electron chi connectivity index (χ4n) is 10.9. The number of nitrogens with one attached hydrogen (secondary N) is 2. The molecule has 0 saturated carbocycles. The second-order valence-corrected chi connectivity index (χ2v) is 19.9. The molecule has 7 heterocycles. The van der Waals surface area contributed by atoms with Crippen molar-refractivity contribution in [2.24, 2.45) is 0 Å². The summed E-state index contributed by atoms with van der Waals surface area (Å²) in [6.45, 7) is 2.33. The first kappa shape index (κ1) is 47.2. The predicted octanol–water partition coefficient (Wildman–Crippen LogP) is 10.1. The number of hydrogen-bond donors (Lipinski definition) is 2. The first-order valence-electron chi connectivity index (χ1n) is 25.4. The van der Waals surface area contributed by atoms with Crippen molar-refractivity contribution in [1.82, 2.24) is 49.8 Å². The van der Waals surface area contributed by atoms with Crippen molar-refractivity contribution >= 4 is 33.8 Å². The van der Waals surface area contributed by atoms with Crippen LogP contribution in [0, 0.1) is 0 Å². The highest BCUT2D eigenvalue weighted by molar-refractivity contribution is 5.91. The van der Waals surface area contributed by atoms with E-state index in [1.165, 1.54) is 0 Å². The van der Waals surface area contributed by atoms with Crippen LogP contribution >= 0.6 is 0 Å². The number of carbonyl (C=O) groups is 2. The van der Waals surface area contributed by atoms with E-state index in [1.807, 2.05) is 109 Å². The molecule has 4 aromatic heterocycles. The number of para-hydroxylation sites is 2. The Bertz CT molecular complexity index is 3170. The molecule has 11 rings (SSSR count). The van der Waals surface area contributed by atoms with Crippen molar-refractivity contribution in [3.05, 3.63) is 126 Å². The van der Waals surface area contributed by atoms with Crippen LogP contribution in [0.3, 0.4) is 0 Å². The van der Waals surface area contributed by atoms with E-state index in [2.05, 4.69) is 62.7 Å². The Morgan fingerprint density at radius 3 is 1.88 bits per heavy atom. The zero-order valence-electron chi connectivity index (χ0n) is 41.4. The van der Waals surface area contributed by atoms with Gasteiger partial charge in [-0.1, -0.05) is 90.6 Å². The highest BCUT2D eigenvalue weighted by Crippen LogP contribution is 2.41. The molecule has 0 spiro atoms. The summed E-state index contributed by atoms with van der Waals surface area (Å²) >= 11 is 0. The number of ether oxygens (including phenoxy) is 2. The van der Waals surface area contributed by atoms with Crippen molar-refractivity contribution in [3.8, 4) is 39.4 Å². The van der Waals surface area contributed by atoms with Gasteiger partial charge in [-0.3, -0.25) is 19.4 Å². The second-order valence-electron chi connectivity index (χ2n) is 19.9. The fraction of sp³-hybridized carbons (Fsp3) is 0.393. The third kappa shape index (κ3) is 9.30. The number of likely N-dealkylation sites (tertiary alicyclic amines) is 2. The molecule has 8 aromatic rings. The average molecular weight is 971 g/mol. The number of nitrogens with zero attached hydrogens (tertiary/aromatic N) is 8. The lowest BCUT2D eigenvalue weighted by atomic mass is 10.00. The minimum Gasteiger partial charge on any atom is -0.493 e.